The first-order valence-corrected chi connectivity index (χ1v) is 9.53. The summed E-state index contributed by atoms with van der Waals surface area (Å²) < 4.78 is 10.9. The summed E-state index contributed by atoms with van der Waals surface area (Å²) >= 11 is 6.29. The number of methoxy groups -OCH3 is 1. The van der Waals surface area contributed by atoms with E-state index >= 15 is 0 Å². The van der Waals surface area contributed by atoms with E-state index in [0.29, 0.717) is 34.7 Å². The van der Waals surface area contributed by atoms with E-state index < -0.39 is 0 Å². The van der Waals surface area contributed by atoms with Crippen molar-refractivity contribution in [2.45, 2.75) is 38.6 Å². The Morgan fingerprint density at radius 1 is 1.27 bits per heavy atom. The molecule has 0 atom stereocenters. The number of carbonyl (C=O) groups is 1. The van der Waals surface area contributed by atoms with Gasteiger partial charge in [0.1, 0.15) is 0 Å². The average molecular weight is 403 g/mol. The molecule has 0 radical (unpaired) electrons. The van der Waals surface area contributed by atoms with Gasteiger partial charge in [-0.2, -0.15) is 0 Å². The molecule has 0 unspecified atom stereocenters. The first-order valence-electron chi connectivity index (χ1n) is 9.15. The van der Waals surface area contributed by atoms with E-state index in [1.807, 2.05) is 11.8 Å². The first kappa shape index (κ1) is 21.1. The van der Waals surface area contributed by atoms with Crippen LogP contribution in [-0.2, 0) is 0 Å². The van der Waals surface area contributed by atoms with Crippen LogP contribution < -0.4 is 14.8 Å². The molecule has 0 bridgehead atoms. The van der Waals surface area contributed by atoms with Crippen LogP contribution in [0.5, 0.6) is 11.5 Å². The van der Waals surface area contributed by atoms with Crippen LogP contribution in [0.2, 0.25) is 5.02 Å². The van der Waals surface area contributed by atoms with Crippen molar-refractivity contribution in [3.63, 3.8) is 0 Å². The molecule has 1 heterocycles. The fourth-order valence-corrected chi connectivity index (χ4v) is 3.52. The highest BCUT2D eigenvalue weighted by atomic mass is 35.5. The van der Waals surface area contributed by atoms with Crippen LogP contribution in [0.4, 0.5) is 0 Å². The SMILES string of the molecule is CCOc1c(Cl)cc(C(=O)N2CCC(NCC3CC3)CC2)cc1OC.Cl. The third-order valence-electron chi connectivity index (χ3n) is 4.94. The maximum absolute atomic E-state index is 12.8. The zero-order valence-corrected chi connectivity index (χ0v) is 17.0. The van der Waals surface area contributed by atoms with Crippen molar-refractivity contribution in [1.29, 1.82) is 0 Å². The predicted molar refractivity (Wildman–Crippen MR) is 106 cm³/mol. The molecule has 146 valence electrons. The highest BCUT2D eigenvalue weighted by Crippen LogP contribution is 2.37. The van der Waals surface area contributed by atoms with Crippen LogP contribution in [0.3, 0.4) is 0 Å². The lowest BCUT2D eigenvalue weighted by Gasteiger charge is -2.32. The van der Waals surface area contributed by atoms with Gasteiger partial charge in [0, 0.05) is 24.7 Å². The van der Waals surface area contributed by atoms with Crippen LogP contribution in [-0.4, -0.2) is 50.2 Å². The molecule has 1 aromatic rings. The number of nitrogens with one attached hydrogen (secondary N) is 1. The van der Waals surface area contributed by atoms with E-state index in [9.17, 15) is 4.79 Å². The molecule has 1 aromatic carbocycles. The Balaban J connectivity index is 0.00000243. The van der Waals surface area contributed by atoms with Gasteiger partial charge in [0.05, 0.1) is 18.7 Å². The van der Waals surface area contributed by atoms with E-state index in [1.54, 1.807) is 19.2 Å². The lowest BCUT2D eigenvalue weighted by atomic mass is 10.0. The Bertz CT molecular complexity index is 615. The minimum absolute atomic E-state index is 0. The van der Waals surface area contributed by atoms with Crippen molar-refractivity contribution in [3.8, 4) is 11.5 Å². The second-order valence-electron chi connectivity index (χ2n) is 6.84. The molecule has 1 saturated heterocycles. The standard InChI is InChI=1S/C19H27ClN2O3.ClH/c1-3-25-18-16(20)10-14(11-17(18)24-2)19(23)22-8-6-15(7-9-22)21-12-13-4-5-13;/h10-11,13,15,21H,3-9,12H2,1-2H3;1H. The summed E-state index contributed by atoms with van der Waals surface area (Å²) in [5.41, 5.74) is 0.551. The third kappa shape index (κ3) is 5.18. The largest absolute Gasteiger partial charge is 0.493 e. The number of rotatable bonds is 7. The number of nitrogens with zero attached hydrogens (tertiary/aromatic N) is 1. The fraction of sp³-hybridized carbons (Fsp3) is 0.632. The van der Waals surface area contributed by atoms with Gasteiger partial charge in [0.2, 0.25) is 0 Å². The van der Waals surface area contributed by atoms with E-state index in [2.05, 4.69) is 5.32 Å². The van der Waals surface area contributed by atoms with Gasteiger partial charge in [0.25, 0.3) is 5.91 Å². The molecule has 0 aromatic heterocycles. The summed E-state index contributed by atoms with van der Waals surface area (Å²) in [6, 6.07) is 3.92. The summed E-state index contributed by atoms with van der Waals surface area (Å²) in [6.45, 7) is 5.05. The third-order valence-corrected chi connectivity index (χ3v) is 5.22. The quantitative estimate of drug-likeness (QED) is 0.753. The Kier molecular flexibility index (Phi) is 7.86. The zero-order valence-electron chi connectivity index (χ0n) is 15.4. The van der Waals surface area contributed by atoms with E-state index in [0.717, 1.165) is 38.4 Å². The van der Waals surface area contributed by atoms with Crippen LogP contribution in [0.25, 0.3) is 0 Å². The number of hydrogen-bond donors (Lipinski definition) is 1. The molecule has 26 heavy (non-hydrogen) atoms. The summed E-state index contributed by atoms with van der Waals surface area (Å²) in [6.07, 6.45) is 4.73. The van der Waals surface area contributed by atoms with Crippen molar-refractivity contribution in [2.24, 2.45) is 5.92 Å². The van der Waals surface area contributed by atoms with Crippen molar-refractivity contribution in [2.75, 3.05) is 33.4 Å². The van der Waals surface area contributed by atoms with Crippen molar-refractivity contribution >= 4 is 29.9 Å². The van der Waals surface area contributed by atoms with Crippen molar-refractivity contribution in [1.82, 2.24) is 10.2 Å². The molecule has 2 aliphatic rings. The van der Waals surface area contributed by atoms with Crippen LogP contribution in [0.15, 0.2) is 12.1 Å². The summed E-state index contributed by atoms with van der Waals surface area (Å²) in [7, 11) is 1.56. The molecule has 1 amide bonds. The maximum Gasteiger partial charge on any atom is 0.254 e. The van der Waals surface area contributed by atoms with Gasteiger partial charge in [-0.25, -0.2) is 0 Å². The van der Waals surface area contributed by atoms with Gasteiger partial charge in [-0.05, 0) is 57.2 Å². The van der Waals surface area contributed by atoms with Gasteiger partial charge >= 0.3 is 0 Å². The molecular weight excluding hydrogens is 375 g/mol. The Hall–Kier alpha value is -1.17. The summed E-state index contributed by atoms with van der Waals surface area (Å²) in [4.78, 5) is 14.7. The van der Waals surface area contributed by atoms with Gasteiger partial charge in [0.15, 0.2) is 11.5 Å². The van der Waals surface area contributed by atoms with Crippen LogP contribution in [0, 0.1) is 5.92 Å². The Morgan fingerprint density at radius 2 is 1.96 bits per heavy atom. The number of amides is 1. The minimum Gasteiger partial charge on any atom is -0.493 e. The number of likely N-dealkylation sites (tertiary alicyclic amines) is 1. The summed E-state index contributed by atoms with van der Waals surface area (Å²) in [5.74, 6) is 1.88. The molecule has 1 aliphatic carbocycles. The number of piperidine rings is 1. The molecule has 0 spiro atoms. The fourth-order valence-electron chi connectivity index (χ4n) is 3.25. The molecule has 2 fully saturated rings. The highest BCUT2D eigenvalue weighted by Gasteiger charge is 2.27. The number of ether oxygens (including phenoxy) is 2. The monoisotopic (exact) mass is 402 g/mol. The normalized spacial score (nSPS) is 17.6. The van der Waals surface area contributed by atoms with Gasteiger partial charge in [-0.15, -0.1) is 12.4 Å². The van der Waals surface area contributed by atoms with Crippen LogP contribution in [0.1, 0.15) is 43.0 Å². The Labute approximate surface area is 166 Å². The smallest absolute Gasteiger partial charge is 0.254 e. The number of halogens is 2. The zero-order chi connectivity index (χ0) is 17.8. The van der Waals surface area contributed by atoms with E-state index in [-0.39, 0.29) is 18.3 Å². The highest BCUT2D eigenvalue weighted by molar-refractivity contribution is 6.32. The molecule has 7 heteroatoms. The second kappa shape index (κ2) is 9.67. The van der Waals surface area contributed by atoms with Gasteiger partial charge in [-0.3, -0.25) is 4.79 Å². The van der Waals surface area contributed by atoms with E-state index in [1.165, 1.54) is 12.8 Å². The number of benzene rings is 1. The second-order valence-corrected chi connectivity index (χ2v) is 7.25. The molecule has 1 N–H and O–H groups in total. The lowest BCUT2D eigenvalue weighted by Crippen LogP contribution is -2.45. The Morgan fingerprint density at radius 3 is 2.54 bits per heavy atom. The van der Waals surface area contributed by atoms with E-state index in [4.69, 9.17) is 21.1 Å². The molecular formula is C19H28Cl2N2O3. The summed E-state index contributed by atoms with van der Waals surface area (Å²) in [5, 5.41) is 4.04. The van der Waals surface area contributed by atoms with Crippen molar-refractivity contribution in [3.05, 3.63) is 22.7 Å². The topological polar surface area (TPSA) is 50.8 Å². The van der Waals surface area contributed by atoms with Gasteiger partial charge < -0.3 is 19.7 Å². The lowest BCUT2D eigenvalue weighted by molar-refractivity contribution is 0.0704. The minimum atomic E-state index is 0. The maximum atomic E-state index is 12.8. The molecule has 3 rings (SSSR count). The molecule has 1 aliphatic heterocycles. The van der Waals surface area contributed by atoms with Crippen LogP contribution >= 0.6 is 24.0 Å². The number of hydrogen-bond acceptors (Lipinski definition) is 4. The first-order chi connectivity index (χ1) is 12.1. The molecule has 1 saturated carbocycles. The average Bonchev–Trinajstić information content (AvgIpc) is 3.46. The number of carbonyl (C=O) groups excluding carboxylic acids is 1. The van der Waals surface area contributed by atoms with Crippen molar-refractivity contribution < 1.29 is 14.3 Å². The predicted octanol–water partition coefficient (Wildman–Crippen LogP) is 3.77. The molecule has 5 nitrogen and oxygen atoms in total. The van der Waals surface area contributed by atoms with Gasteiger partial charge in [-0.1, -0.05) is 11.6 Å².